The minimum absolute atomic E-state index is 0.0261. The van der Waals surface area contributed by atoms with Gasteiger partial charge in [-0.15, -0.1) is 0 Å². The van der Waals surface area contributed by atoms with Crippen molar-refractivity contribution in [3.63, 3.8) is 0 Å². The van der Waals surface area contributed by atoms with E-state index in [2.05, 4.69) is 27.7 Å². The minimum Gasteiger partial charge on any atom is -0.372 e. The molecule has 1 aromatic rings. The van der Waals surface area contributed by atoms with Crippen LogP contribution in [0.5, 0.6) is 0 Å². The summed E-state index contributed by atoms with van der Waals surface area (Å²) < 4.78 is 0. The van der Waals surface area contributed by atoms with Gasteiger partial charge >= 0.3 is 0 Å². The van der Waals surface area contributed by atoms with E-state index in [0.717, 1.165) is 18.8 Å². The maximum Gasteiger partial charge on any atom is 0.228 e. The molecule has 1 aliphatic heterocycles. The number of rotatable bonds is 5. The van der Waals surface area contributed by atoms with E-state index in [1.807, 2.05) is 26.1 Å². The first-order valence-electron chi connectivity index (χ1n) is 7.51. The largest absolute Gasteiger partial charge is 0.372 e. The Morgan fingerprint density at radius 3 is 2.45 bits per heavy atom. The van der Waals surface area contributed by atoms with Crippen molar-refractivity contribution in [3.8, 4) is 0 Å². The third kappa shape index (κ3) is 3.97. The van der Waals surface area contributed by atoms with E-state index in [9.17, 15) is 4.79 Å². The third-order valence-electron chi connectivity index (χ3n) is 3.81. The summed E-state index contributed by atoms with van der Waals surface area (Å²) in [5.41, 5.74) is 2.13. The first-order chi connectivity index (χ1) is 9.70. The van der Waals surface area contributed by atoms with Crippen LogP contribution in [0, 0.1) is 5.92 Å². The van der Waals surface area contributed by atoms with E-state index in [-0.39, 0.29) is 11.8 Å². The molecule has 1 unspecified atom stereocenters. The molecule has 1 saturated heterocycles. The van der Waals surface area contributed by atoms with Gasteiger partial charge in [-0.1, -0.05) is 6.92 Å². The zero-order valence-corrected chi connectivity index (χ0v) is 12.5. The van der Waals surface area contributed by atoms with Crippen LogP contribution in [-0.4, -0.2) is 32.6 Å². The number of piperidine rings is 1. The highest BCUT2D eigenvalue weighted by atomic mass is 16.1. The fourth-order valence-electron chi connectivity index (χ4n) is 2.57. The highest BCUT2D eigenvalue weighted by molar-refractivity contribution is 5.92. The van der Waals surface area contributed by atoms with Crippen molar-refractivity contribution < 1.29 is 4.79 Å². The molecule has 4 nitrogen and oxygen atoms in total. The van der Waals surface area contributed by atoms with Gasteiger partial charge in [0.2, 0.25) is 5.91 Å². The molecule has 0 radical (unpaired) electrons. The molecule has 1 atom stereocenters. The topological polar surface area (TPSA) is 44.4 Å². The number of benzene rings is 1. The van der Waals surface area contributed by atoms with Gasteiger partial charge in [0.25, 0.3) is 0 Å². The van der Waals surface area contributed by atoms with E-state index >= 15 is 0 Å². The first kappa shape index (κ1) is 14.9. The maximum atomic E-state index is 11.9. The predicted molar refractivity (Wildman–Crippen MR) is 84.2 cm³/mol. The van der Waals surface area contributed by atoms with Gasteiger partial charge in [0.1, 0.15) is 0 Å². The molecule has 2 rings (SSSR count). The highest BCUT2D eigenvalue weighted by Gasteiger charge is 2.13. The van der Waals surface area contributed by atoms with Gasteiger partial charge in [-0.05, 0) is 50.6 Å². The molecule has 110 valence electrons. The monoisotopic (exact) mass is 275 g/mol. The van der Waals surface area contributed by atoms with Gasteiger partial charge in [-0.3, -0.25) is 4.79 Å². The van der Waals surface area contributed by atoms with Gasteiger partial charge in [-0.2, -0.15) is 0 Å². The van der Waals surface area contributed by atoms with Gasteiger partial charge in [0, 0.05) is 36.9 Å². The molecular formula is C16H25N3O. The zero-order chi connectivity index (χ0) is 14.4. The quantitative estimate of drug-likeness (QED) is 0.867. The van der Waals surface area contributed by atoms with Gasteiger partial charge in [0.05, 0.1) is 0 Å². The van der Waals surface area contributed by atoms with E-state index in [1.54, 1.807) is 0 Å². The van der Waals surface area contributed by atoms with Crippen LogP contribution in [0.1, 0.15) is 26.2 Å². The van der Waals surface area contributed by atoms with Crippen molar-refractivity contribution in [1.82, 2.24) is 5.32 Å². The second kappa shape index (κ2) is 7.29. The maximum absolute atomic E-state index is 11.9. The summed E-state index contributed by atoms with van der Waals surface area (Å²) in [5.74, 6) is 0.0341. The third-order valence-corrected chi connectivity index (χ3v) is 3.81. The van der Waals surface area contributed by atoms with Gasteiger partial charge < -0.3 is 15.5 Å². The fourth-order valence-corrected chi connectivity index (χ4v) is 2.57. The van der Waals surface area contributed by atoms with Crippen LogP contribution >= 0.6 is 0 Å². The SMILES string of the molecule is CNCC(C)C(=O)Nc1ccc(N2CCCCC2)cc1. The van der Waals surface area contributed by atoms with Crippen LogP contribution < -0.4 is 15.5 Å². The lowest BCUT2D eigenvalue weighted by atomic mass is 10.1. The fraction of sp³-hybridized carbons (Fsp3) is 0.562. The molecule has 0 spiro atoms. The number of nitrogens with one attached hydrogen (secondary N) is 2. The van der Waals surface area contributed by atoms with E-state index in [4.69, 9.17) is 0 Å². The molecule has 4 heteroatoms. The summed E-state index contributed by atoms with van der Waals surface area (Å²) in [7, 11) is 1.86. The number of hydrogen-bond acceptors (Lipinski definition) is 3. The number of nitrogens with zero attached hydrogens (tertiary/aromatic N) is 1. The predicted octanol–water partition coefficient (Wildman–Crippen LogP) is 2.47. The summed E-state index contributed by atoms with van der Waals surface area (Å²) in [5, 5.41) is 5.98. The Labute approximate surface area is 121 Å². The van der Waals surface area contributed by atoms with Crippen molar-refractivity contribution in [3.05, 3.63) is 24.3 Å². The summed E-state index contributed by atoms with van der Waals surface area (Å²) in [6.07, 6.45) is 3.90. The van der Waals surface area contributed by atoms with Crippen LogP contribution in [0.25, 0.3) is 0 Å². The summed E-state index contributed by atoms with van der Waals surface area (Å²) >= 11 is 0. The van der Waals surface area contributed by atoms with Crippen molar-refractivity contribution in [2.24, 2.45) is 5.92 Å². The van der Waals surface area contributed by atoms with Crippen molar-refractivity contribution in [1.29, 1.82) is 0 Å². The lowest BCUT2D eigenvalue weighted by Crippen LogP contribution is -2.29. The first-order valence-corrected chi connectivity index (χ1v) is 7.51. The summed E-state index contributed by atoms with van der Waals surface area (Å²) in [6, 6.07) is 8.19. The van der Waals surface area contributed by atoms with E-state index in [1.165, 1.54) is 24.9 Å². The highest BCUT2D eigenvalue weighted by Crippen LogP contribution is 2.21. The van der Waals surface area contributed by atoms with Crippen LogP contribution in [0.4, 0.5) is 11.4 Å². The Morgan fingerprint density at radius 2 is 1.85 bits per heavy atom. The number of carbonyl (C=O) groups excluding carboxylic acids is 1. The van der Waals surface area contributed by atoms with E-state index in [0.29, 0.717) is 6.54 Å². The molecule has 1 fully saturated rings. The molecule has 1 amide bonds. The molecule has 1 aromatic carbocycles. The van der Waals surface area contributed by atoms with Gasteiger partial charge in [0.15, 0.2) is 0 Å². The average Bonchev–Trinajstić information content (AvgIpc) is 2.49. The van der Waals surface area contributed by atoms with Crippen molar-refractivity contribution >= 4 is 17.3 Å². The zero-order valence-electron chi connectivity index (χ0n) is 12.5. The second-order valence-corrected chi connectivity index (χ2v) is 5.54. The molecule has 0 bridgehead atoms. The molecule has 0 aliphatic carbocycles. The molecule has 0 saturated carbocycles. The Hall–Kier alpha value is -1.55. The second-order valence-electron chi connectivity index (χ2n) is 5.54. The Bertz CT molecular complexity index is 424. The van der Waals surface area contributed by atoms with E-state index < -0.39 is 0 Å². The smallest absolute Gasteiger partial charge is 0.228 e. The minimum atomic E-state index is -0.0261. The van der Waals surface area contributed by atoms with Crippen LogP contribution in [0.2, 0.25) is 0 Å². The van der Waals surface area contributed by atoms with Crippen molar-refractivity contribution in [2.75, 3.05) is 36.9 Å². The molecule has 0 aromatic heterocycles. The lowest BCUT2D eigenvalue weighted by Gasteiger charge is -2.28. The molecule has 20 heavy (non-hydrogen) atoms. The Balaban J connectivity index is 1.92. The van der Waals surface area contributed by atoms with Gasteiger partial charge in [-0.25, -0.2) is 0 Å². The standard InChI is InChI=1S/C16H25N3O/c1-13(12-17-2)16(20)18-14-6-8-15(9-7-14)19-10-4-3-5-11-19/h6-9,13,17H,3-5,10-12H2,1-2H3,(H,18,20). The summed E-state index contributed by atoms with van der Waals surface area (Å²) in [4.78, 5) is 14.3. The van der Waals surface area contributed by atoms with Crippen LogP contribution in [-0.2, 0) is 4.79 Å². The summed E-state index contributed by atoms with van der Waals surface area (Å²) in [6.45, 7) is 4.90. The number of hydrogen-bond donors (Lipinski definition) is 2. The average molecular weight is 275 g/mol. The van der Waals surface area contributed by atoms with Crippen LogP contribution in [0.3, 0.4) is 0 Å². The molecule has 2 N–H and O–H groups in total. The normalized spacial score (nSPS) is 16.8. The number of amides is 1. The molecule has 1 aliphatic rings. The lowest BCUT2D eigenvalue weighted by molar-refractivity contribution is -0.119. The Kier molecular flexibility index (Phi) is 5.41. The molecular weight excluding hydrogens is 250 g/mol. The number of anilines is 2. The van der Waals surface area contributed by atoms with Crippen LogP contribution in [0.15, 0.2) is 24.3 Å². The number of carbonyl (C=O) groups is 1. The van der Waals surface area contributed by atoms with Crippen molar-refractivity contribution in [2.45, 2.75) is 26.2 Å². The Morgan fingerprint density at radius 1 is 1.20 bits per heavy atom. The molecule has 1 heterocycles.